The first-order chi connectivity index (χ1) is 7.60. The van der Waals surface area contributed by atoms with Crippen molar-refractivity contribution in [2.45, 2.75) is 25.8 Å². The molecule has 0 aliphatic carbocycles. The van der Waals surface area contributed by atoms with Gasteiger partial charge in [0.05, 0.1) is 6.61 Å². The van der Waals surface area contributed by atoms with Crippen molar-refractivity contribution in [2.24, 2.45) is 0 Å². The molecule has 0 spiro atoms. The van der Waals surface area contributed by atoms with Gasteiger partial charge in [-0.15, -0.1) is 0 Å². The van der Waals surface area contributed by atoms with E-state index in [9.17, 15) is 4.79 Å². The maximum Gasteiger partial charge on any atom is 0.219 e. The molecule has 0 aromatic heterocycles. The van der Waals surface area contributed by atoms with Crippen molar-refractivity contribution in [3.63, 3.8) is 0 Å². The number of hydrogen-bond acceptors (Lipinski definition) is 5. The van der Waals surface area contributed by atoms with Crippen molar-refractivity contribution in [1.82, 2.24) is 15.5 Å². The smallest absolute Gasteiger partial charge is 0.219 e. The second-order valence-electron chi connectivity index (χ2n) is 3.93. The molecule has 1 atom stereocenters. The van der Waals surface area contributed by atoms with Crippen LogP contribution in [0.5, 0.6) is 0 Å². The maximum absolute atomic E-state index is 11.2. The second-order valence-corrected chi connectivity index (χ2v) is 3.93. The van der Waals surface area contributed by atoms with Gasteiger partial charge in [-0.3, -0.25) is 15.0 Å². The molecule has 0 heterocycles. The minimum absolute atomic E-state index is 0.00888. The molecule has 1 unspecified atom stereocenters. The lowest BCUT2D eigenvalue weighted by Crippen LogP contribution is -2.44. The highest BCUT2D eigenvalue weighted by atomic mass is 17.1. The molecule has 0 aliphatic rings. The quantitative estimate of drug-likeness (QED) is 0.294. The van der Waals surface area contributed by atoms with E-state index in [0.717, 1.165) is 6.67 Å². The van der Waals surface area contributed by atoms with Gasteiger partial charge in [-0.25, -0.2) is 4.89 Å². The number of carbonyl (C=O) groups is 1. The van der Waals surface area contributed by atoms with Crippen LogP contribution in [-0.4, -0.2) is 56.0 Å². The van der Waals surface area contributed by atoms with Gasteiger partial charge in [0.15, 0.2) is 0 Å². The monoisotopic (exact) mass is 233 g/mol. The summed E-state index contributed by atoms with van der Waals surface area (Å²) in [5, 5.41) is 14.3. The van der Waals surface area contributed by atoms with E-state index in [1.165, 1.54) is 0 Å². The zero-order chi connectivity index (χ0) is 12.4. The van der Waals surface area contributed by atoms with Crippen LogP contribution in [0, 0.1) is 0 Å². The number of carbonyl (C=O) groups excluding carboxylic acids is 1. The minimum atomic E-state index is -0.0143. The van der Waals surface area contributed by atoms with Crippen LogP contribution in [0.15, 0.2) is 0 Å². The molecule has 16 heavy (non-hydrogen) atoms. The first kappa shape index (κ1) is 15.3. The Labute approximate surface area is 96.9 Å². The van der Waals surface area contributed by atoms with Crippen LogP contribution in [0.2, 0.25) is 0 Å². The topological polar surface area (TPSA) is 73.8 Å². The Hall–Kier alpha value is -0.690. The van der Waals surface area contributed by atoms with Crippen molar-refractivity contribution in [2.75, 3.05) is 33.9 Å². The van der Waals surface area contributed by atoms with E-state index >= 15 is 0 Å². The van der Waals surface area contributed by atoms with E-state index in [-0.39, 0.29) is 18.6 Å². The standard InChI is InChI=1S/C10H23N3O3/c1-4-10(14)12-9(5-6-16-15)7-11-8-13(2)3/h9,11,15H,4-8H2,1-3H3,(H,12,14). The van der Waals surface area contributed by atoms with E-state index in [2.05, 4.69) is 15.5 Å². The van der Waals surface area contributed by atoms with Crippen molar-refractivity contribution >= 4 is 5.91 Å². The summed E-state index contributed by atoms with van der Waals surface area (Å²) in [7, 11) is 3.92. The molecule has 3 N–H and O–H groups in total. The van der Waals surface area contributed by atoms with E-state index in [1.807, 2.05) is 25.9 Å². The number of hydrogen-bond donors (Lipinski definition) is 3. The predicted molar refractivity (Wildman–Crippen MR) is 62.0 cm³/mol. The van der Waals surface area contributed by atoms with Crippen molar-refractivity contribution in [3.05, 3.63) is 0 Å². The first-order valence-corrected chi connectivity index (χ1v) is 5.51. The van der Waals surface area contributed by atoms with Crippen molar-refractivity contribution < 1.29 is 14.9 Å². The minimum Gasteiger partial charge on any atom is -0.352 e. The summed E-state index contributed by atoms with van der Waals surface area (Å²) < 4.78 is 0. The average molecular weight is 233 g/mol. The summed E-state index contributed by atoms with van der Waals surface area (Å²) in [6, 6.07) is -0.0143. The van der Waals surface area contributed by atoms with E-state index in [4.69, 9.17) is 5.26 Å². The first-order valence-electron chi connectivity index (χ1n) is 5.51. The van der Waals surface area contributed by atoms with Gasteiger partial charge < -0.3 is 10.6 Å². The van der Waals surface area contributed by atoms with Gasteiger partial charge in [0.1, 0.15) is 0 Å². The van der Waals surface area contributed by atoms with Crippen LogP contribution in [-0.2, 0) is 9.68 Å². The van der Waals surface area contributed by atoms with Crippen LogP contribution in [0.3, 0.4) is 0 Å². The molecule has 0 aromatic carbocycles. The Balaban J connectivity index is 3.84. The lowest BCUT2D eigenvalue weighted by molar-refractivity contribution is -0.243. The van der Waals surface area contributed by atoms with Gasteiger partial charge in [-0.1, -0.05) is 6.92 Å². The number of nitrogens with zero attached hydrogens (tertiary/aromatic N) is 1. The molecule has 0 bridgehead atoms. The van der Waals surface area contributed by atoms with E-state index in [1.54, 1.807) is 0 Å². The summed E-state index contributed by atoms with van der Waals surface area (Å²) >= 11 is 0. The zero-order valence-electron chi connectivity index (χ0n) is 10.3. The largest absolute Gasteiger partial charge is 0.352 e. The Morgan fingerprint density at radius 1 is 1.50 bits per heavy atom. The second kappa shape index (κ2) is 9.53. The van der Waals surface area contributed by atoms with Crippen LogP contribution in [0.25, 0.3) is 0 Å². The summed E-state index contributed by atoms with van der Waals surface area (Å²) in [6.45, 7) is 3.44. The molecule has 0 fully saturated rings. The van der Waals surface area contributed by atoms with Crippen LogP contribution < -0.4 is 10.6 Å². The van der Waals surface area contributed by atoms with Gasteiger partial charge in [0.25, 0.3) is 0 Å². The molecule has 0 aliphatic heterocycles. The van der Waals surface area contributed by atoms with Crippen molar-refractivity contribution in [1.29, 1.82) is 0 Å². The number of rotatable bonds is 9. The Bertz CT molecular complexity index is 188. The van der Waals surface area contributed by atoms with Gasteiger partial charge in [-0.2, -0.15) is 0 Å². The summed E-state index contributed by atoms with van der Waals surface area (Å²) in [5.74, 6) is 0.00888. The summed E-state index contributed by atoms with van der Waals surface area (Å²) in [6.07, 6.45) is 1.05. The van der Waals surface area contributed by atoms with Crippen LogP contribution in [0.1, 0.15) is 19.8 Å². The highest BCUT2D eigenvalue weighted by Crippen LogP contribution is 1.92. The van der Waals surface area contributed by atoms with Gasteiger partial charge in [0.2, 0.25) is 5.91 Å². The molecule has 0 radical (unpaired) electrons. The highest BCUT2D eigenvalue weighted by molar-refractivity contribution is 5.75. The van der Waals surface area contributed by atoms with Crippen LogP contribution in [0.4, 0.5) is 0 Å². The van der Waals surface area contributed by atoms with Crippen LogP contribution >= 0.6 is 0 Å². The predicted octanol–water partition coefficient (Wildman–Crippen LogP) is -0.130. The molecule has 0 saturated carbocycles. The third-order valence-electron chi connectivity index (χ3n) is 2.06. The molecule has 6 nitrogen and oxygen atoms in total. The molecule has 0 saturated heterocycles. The third-order valence-corrected chi connectivity index (χ3v) is 2.06. The van der Waals surface area contributed by atoms with Gasteiger partial charge in [-0.05, 0) is 20.5 Å². The molecule has 1 amide bonds. The molecule has 0 aromatic rings. The normalized spacial score (nSPS) is 12.8. The Morgan fingerprint density at radius 2 is 2.19 bits per heavy atom. The average Bonchev–Trinajstić information content (AvgIpc) is 2.24. The molecule has 0 rings (SSSR count). The van der Waals surface area contributed by atoms with E-state index in [0.29, 0.717) is 19.4 Å². The fourth-order valence-corrected chi connectivity index (χ4v) is 1.21. The zero-order valence-corrected chi connectivity index (χ0v) is 10.3. The number of amides is 1. The SMILES string of the molecule is CCC(=O)NC(CCOO)CNCN(C)C. The lowest BCUT2D eigenvalue weighted by atomic mass is 10.2. The lowest BCUT2D eigenvalue weighted by Gasteiger charge is -2.20. The van der Waals surface area contributed by atoms with Gasteiger partial charge in [0, 0.05) is 25.7 Å². The molecule has 96 valence electrons. The number of nitrogens with one attached hydrogen (secondary N) is 2. The van der Waals surface area contributed by atoms with E-state index < -0.39 is 0 Å². The molecule has 6 heteroatoms. The fourth-order valence-electron chi connectivity index (χ4n) is 1.21. The maximum atomic E-state index is 11.2. The highest BCUT2D eigenvalue weighted by Gasteiger charge is 2.10. The third kappa shape index (κ3) is 8.60. The van der Waals surface area contributed by atoms with Gasteiger partial charge >= 0.3 is 0 Å². The molecular formula is C10H23N3O3. The summed E-state index contributed by atoms with van der Waals surface area (Å²) in [4.78, 5) is 17.3. The molecular weight excluding hydrogens is 210 g/mol. The Morgan fingerprint density at radius 3 is 2.69 bits per heavy atom. The van der Waals surface area contributed by atoms with Crippen molar-refractivity contribution in [3.8, 4) is 0 Å². The fraction of sp³-hybridized carbons (Fsp3) is 0.900. The summed E-state index contributed by atoms with van der Waals surface area (Å²) in [5.41, 5.74) is 0. The Kier molecular flexibility index (Phi) is 9.12.